The van der Waals surface area contributed by atoms with Crippen molar-refractivity contribution in [3.63, 3.8) is 0 Å². The third kappa shape index (κ3) is 3.91. The lowest BCUT2D eigenvalue weighted by Crippen LogP contribution is -2.34. The van der Waals surface area contributed by atoms with Crippen molar-refractivity contribution < 1.29 is 19.6 Å². The van der Waals surface area contributed by atoms with Crippen LogP contribution in [0.4, 0.5) is 11.4 Å². The number of carboxylic acids is 1. The fourth-order valence-electron chi connectivity index (χ4n) is 1.93. The number of nitrogens with one attached hydrogen (secondary N) is 1. The van der Waals surface area contributed by atoms with E-state index in [0.717, 1.165) is 0 Å². The van der Waals surface area contributed by atoms with E-state index in [1.165, 1.54) is 25.2 Å². The van der Waals surface area contributed by atoms with Crippen LogP contribution in [0.1, 0.15) is 17.3 Å². The standard InChI is InChI=1S/C13H17N3O5/c1-8(12(17)14-2)7-15(3)9-4-5-10(13(18)19)11(6-9)16(20)21/h4-6,8H,7H2,1-3H3,(H,14,17)(H,18,19). The highest BCUT2D eigenvalue weighted by Crippen LogP contribution is 2.25. The van der Waals surface area contributed by atoms with E-state index in [9.17, 15) is 19.7 Å². The van der Waals surface area contributed by atoms with Gasteiger partial charge in [-0.3, -0.25) is 14.9 Å². The fourth-order valence-corrected chi connectivity index (χ4v) is 1.93. The van der Waals surface area contributed by atoms with E-state index in [4.69, 9.17) is 5.11 Å². The van der Waals surface area contributed by atoms with Crippen molar-refractivity contribution in [2.24, 2.45) is 5.92 Å². The first kappa shape index (κ1) is 16.4. The van der Waals surface area contributed by atoms with Crippen LogP contribution in [0.5, 0.6) is 0 Å². The molecular weight excluding hydrogens is 278 g/mol. The number of carbonyl (C=O) groups is 2. The van der Waals surface area contributed by atoms with Crippen molar-refractivity contribution in [1.29, 1.82) is 0 Å². The molecule has 114 valence electrons. The molecule has 0 aliphatic carbocycles. The van der Waals surface area contributed by atoms with Gasteiger partial charge in [0.05, 0.1) is 10.8 Å². The summed E-state index contributed by atoms with van der Waals surface area (Å²) in [6.07, 6.45) is 0. The average Bonchev–Trinajstić information content (AvgIpc) is 2.45. The summed E-state index contributed by atoms with van der Waals surface area (Å²) in [4.78, 5) is 34.3. The Bertz CT molecular complexity index is 573. The Morgan fingerprint density at radius 3 is 2.57 bits per heavy atom. The molecule has 0 aromatic heterocycles. The number of aromatic carboxylic acids is 1. The summed E-state index contributed by atoms with van der Waals surface area (Å²) < 4.78 is 0. The number of hydrogen-bond acceptors (Lipinski definition) is 5. The lowest BCUT2D eigenvalue weighted by Gasteiger charge is -2.22. The van der Waals surface area contributed by atoms with Gasteiger partial charge in [0.25, 0.3) is 5.69 Å². The quantitative estimate of drug-likeness (QED) is 0.600. The minimum atomic E-state index is -1.35. The zero-order chi connectivity index (χ0) is 16.2. The highest BCUT2D eigenvalue weighted by Gasteiger charge is 2.22. The number of hydrogen-bond donors (Lipinski definition) is 2. The van der Waals surface area contributed by atoms with Crippen LogP contribution in [0.3, 0.4) is 0 Å². The molecule has 0 heterocycles. The normalized spacial score (nSPS) is 11.6. The number of benzene rings is 1. The Labute approximate surface area is 121 Å². The van der Waals surface area contributed by atoms with Gasteiger partial charge < -0.3 is 15.3 Å². The molecule has 0 saturated carbocycles. The SMILES string of the molecule is CNC(=O)C(C)CN(C)c1ccc(C(=O)O)c([N+](=O)[O-])c1. The second-order valence-electron chi connectivity index (χ2n) is 4.66. The van der Waals surface area contributed by atoms with Crippen molar-refractivity contribution in [3.05, 3.63) is 33.9 Å². The van der Waals surface area contributed by atoms with Crippen LogP contribution in [-0.2, 0) is 4.79 Å². The second kappa shape index (κ2) is 6.69. The fraction of sp³-hybridized carbons (Fsp3) is 0.385. The van der Waals surface area contributed by atoms with Gasteiger partial charge in [-0.25, -0.2) is 4.79 Å². The van der Waals surface area contributed by atoms with Gasteiger partial charge in [0.15, 0.2) is 0 Å². The Kier molecular flexibility index (Phi) is 5.23. The molecule has 0 aliphatic heterocycles. The molecule has 21 heavy (non-hydrogen) atoms. The summed E-state index contributed by atoms with van der Waals surface area (Å²) in [5, 5.41) is 22.4. The number of carbonyl (C=O) groups excluding carboxylic acids is 1. The van der Waals surface area contributed by atoms with E-state index in [1.54, 1.807) is 18.9 Å². The van der Waals surface area contributed by atoms with E-state index in [1.807, 2.05) is 0 Å². The van der Waals surface area contributed by atoms with E-state index in [2.05, 4.69) is 5.32 Å². The van der Waals surface area contributed by atoms with Crippen LogP contribution in [0.15, 0.2) is 18.2 Å². The zero-order valence-corrected chi connectivity index (χ0v) is 12.0. The third-order valence-electron chi connectivity index (χ3n) is 3.09. The molecule has 1 amide bonds. The van der Waals surface area contributed by atoms with Crippen LogP contribution in [0, 0.1) is 16.0 Å². The molecule has 0 bridgehead atoms. The Balaban J connectivity index is 3.03. The minimum Gasteiger partial charge on any atom is -0.477 e. The Morgan fingerprint density at radius 1 is 1.48 bits per heavy atom. The van der Waals surface area contributed by atoms with E-state index in [-0.39, 0.29) is 17.4 Å². The smallest absolute Gasteiger partial charge is 0.342 e. The van der Waals surface area contributed by atoms with Crippen molar-refractivity contribution in [1.82, 2.24) is 5.32 Å². The number of carboxylic acid groups (broad SMARTS) is 1. The average molecular weight is 295 g/mol. The molecule has 1 rings (SSSR count). The highest BCUT2D eigenvalue weighted by atomic mass is 16.6. The molecule has 8 heteroatoms. The van der Waals surface area contributed by atoms with Gasteiger partial charge in [0.1, 0.15) is 5.56 Å². The molecular formula is C13H17N3O5. The molecule has 1 aromatic rings. The highest BCUT2D eigenvalue weighted by molar-refractivity contribution is 5.93. The van der Waals surface area contributed by atoms with Crippen molar-refractivity contribution >= 4 is 23.3 Å². The molecule has 2 N–H and O–H groups in total. The first-order chi connectivity index (χ1) is 9.77. The largest absolute Gasteiger partial charge is 0.477 e. The maximum atomic E-state index is 11.5. The molecule has 1 atom stereocenters. The first-order valence-corrected chi connectivity index (χ1v) is 6.22. The van der Waals surface area contributed by atoms with Crippen LogP contribution < -0.4 is 10.2 Å². The Morgan fingerprint density at radius 2 is 2.10 bits per heavy atom. The Hall–Kier alpha value is -2.64. The van der Waals surface area contributed by atoms with E-state index in [0.29, 0.717) is 12.2 Å². The van der Waals surface area contributed by atoms with Gasteiger partial charge in [-0.15, -0.1) is 0 Å². The predicted octanol–water partition coefficient (Wildman–Crippen LogP) is 1.11. The summed E-state index contributed by atoms with van der Waals surface area (Å²) in [6.45, 7) is 2.08. The summed E-state index contributed by atoms with van der Waals surface area (Å²) in [6, 6.07) is 3.86. The van der Waals surface area contributed by atoms with Crippen molar-refractivity contribution in [2.45, 2.75) is 6.92 Å². The number of nitro benzene ring substituents is 1. The van der Waals surface area contributed by atoms with Crippen LogP contribution in [0.2, 0.25) is 0 Å². The second-order valence-corrected chi connectivity index (χ2v) is 4.66. The first-order valence-electron chi connectivity index (χ1n) is 6.22. The number of rotatable bonds is 6. The van der Waals surface area contributed by atoms with Gasteiger partial charge in [0, 0.05) is 32.4 Å². The monoisotopic (exact) mass is 295 g/mol. The molecule has 0 spiro atoms. The predicted molar refractivity (Wildman–Crippen MR) is 76.6 cm³/mol. The maximum absolute atomic E-state index is 11.5. The number of nitrogens with zero attached hydrogens (tertiary/aromatic N) is 2. The topological polar surface area (TPSA) is 113 Å². The van der Waals surface area contributed by atoms with Gasteiger partial charge in [0.2, 0.25) is 5.91 Å². The molecule has 0 fully saturated rings. The third-order valence-corrected chi connectivity index (χ3v) is 3.09. The summed E-state index contributed by atoms with van der Waals surface area (Å²) >= 11 is 0. The molecule has 0 aliphatic rings. The minimum absolute atomic E-state index is 0.140. The molecule has 8 nitrogen and oxygen atoms in total. The lowest BCUT2D eigenvalue weighted by atomic mass is 10.1. The van der Waals surface area contributed by atoms with Crippen LogP contribution >= 0.6 is 0 Å². The van der Waals surface area contributed by atoms with Gasteiger partial charge in [-0.05, 0) is 12.1 Å². The lowest BCUT2D eigenvalue weighted by molar-refractivity contribution is -0.385. The van der Waals surface area contributed by atoms with E-state index < -0.39 is 16.6 Å². The number of nitro groups is 1. The van der Waals surface area contributed by atoms with Crippen LogP contribution in [-0.4, -0.2) is 42.5 Å². The van der Waals surface area contributed by atoms with Crippen molar-refractivity contribution in [2.75, 3.05) is 25.5 Å². The zero-order valence-electron chi connectivity index (χ0n) is 12.0. The van der Waals surface area contributed by atoms with Gasteiger partial charge >= 0.3 is 5.97 Å². The summed E-state index contributed by atoms with van der Waals surface area (Å²) in [5.74, 6) is -1.80. The molecule has 0 saturated heterocycles. The van der Waals surface area contributed by atoms with Crippen molar-refractivity contribution in [3.8, 4) is 0 Å². The molecule has 1 unspecified atom stereocenters. The molecule has 1 aromatic carbocycles. The summed E-state index contributed by atoms with van der Waals surface area (Å²) in [7, 11) is 3.21. The maximum Gasteiger partial charge on any atom is 0.342 e. The van der Waals surface area contributed by atoms with Gasteiger partial charge in [-0.1, -0.05) is 6.92 Å². The van der Waals surface area contributed by atoms with Gasteiger partial charge in [-0.2, -0.15) is 0 Å². The van der Waals surface area contributed by atoms with Crippen LogP contribution in [0.25, 0.3) is 0 Å². The summed E-state index contributed by atoms with van der Waals surface area (Å²) in [5.41, 5.74) is -0.363. The molecule has 0 radical (unpaired) electrons. The van der Waals surface area contributed by atoms with E-state index >= 15 is 0 Å². The number of amides is 1. The number of anilines is 1.